The van der Waals surface area contributed by atoms with Crippen molar-refractivity contribution in [1.29, 1.82) is 0 Å². The van der Waals surface area contributed by atoms with Gasteiger partial charge in [-0.3, -0.25) is 14.2 Å². The number of pyridine rings is 2. The zero-order valence-electron chi connectivity index (χ0n) is 12.7. The van der Waals surface area contributed by atoms with E-state index in [1.807, 2.05) is 0 Å². The lowest BCUT2D eigenvalue weighted by molar-refractivity contribution is 0.102. The summed E-state index contributed by atoms with van der Waals surface area (Å²) < 4.78 is 28.0. The lowest BCUT2D eigenvalue weighted by atomic mass is 10.2. The van der Waals surface area contributed by atoms with Gasteiger partial charge < -0.3 is 5.32 Å². The van der Waals surface area contributed by atoms with Crippen molar-refractivity contribution in [3.8, 4) is 0 Å². The minimum atomic E-state index is -0.915. The molecule has 0 bridgehead atoms. The van der Waals surface area contributed by atoms with Gasteiger partial charge in [0.2, 0.25) is 0 Å². The highest BCUT2D eigenvalue weighted by atomic mass is 19.1. The summed E-state index contributed by atoms with van der Waals surface area (Å²) in [6.45, 7) is 2.09. The molecule has 0 fully saturated rings. The molecule has 0 atom stereocenters. The number of aromatic nitrogens is 2. The normalized spacial score (nSPS) is 10.8. The summed E-state index contributed by atoms with van der Waals surface area (Å²) in [4.78, 5) is 29.0. The average molecular weight is 329 g/mol. The maximum Gasteiger partial charge on any atom is 0.265 e. The van der Waals surface area contributed by atoms with E-state index in [9.17, 15) is 18.4 Å². The molecule has 1 aromatic carbocycles. The Hall–Kier alpha value is -3.09. The van der Waals surface area contributed by atoms with Crippen LogP contribution >= 0.6 is 0 Å². The molecule has 3 rings (SSSR count). The van der Waals surface area contributed by atoms with Crippen LogP contribution in [0.2, 0.25) is 0 Å². The minimum Gasteiger partial charge on any atom is -0.319 e. The summed E-state index contributed by atoms with van der Waals surface area (Å²) in [6.07, 6.45) is 1.56. The first-order valence-electron chi connectivity index (χ1n) is 7.26. The van der Waals surface area contributed by atoms with Crippen molar-refractivity contribution in [3.63, 3.8) is 0 Å². The molecule has 0 saturated heterocycles. The summed E-state index contributed by atoms with van der Waals surface area (Å²) in [5.41, 5.74) is -0.394. The topological polar surface area (TPSA) is 64.0 Å². The van der Waals surface area contributed by atoms with E-state index in [2.05, 4.69) is 10.3 Å². The van der Waals surface area contributed by atoms with Crippen LogP contribution in [0.4, 0.5) is 14.5 Å². The highest BCUT2D eigenvalue weighted by molar-refractivity contribution is 6.05. The molecule has 0 aliphatic carbocycles. The number of benzene rings is 1. The van der Waals surface area contributed by atoms with Crippen LogP contribution < -0.4 is 10.9 Å². The zero-order chi connectivity index (χ0) is 17.3. The Bertz CT molecular complexity index is 999. The van der Waals surface area contributed by atoms with E-state index >= 15 is 0 Å². The highest BCUT2D eigenvalue weighted by Crippen LogP contribution is 2.17. The molecule has 0 unspecified atom stereocenters. The van der Waals surface area contributed by atoms with Crippen molar-refractivity contribution < 1.29 is 13.6 Å². The van der Waals surface area contributed by atoms with Crippen molar-refractivity contribution in [2.45, 2.75) is 13.5 Å². The second-order valence-corrected chi connectivity index (χ2v) is 5.10. The number of hydrogen-bond donors (Lipinski definition) is 1. The van der Waals surface area contributed by atoms with Crippen LogP contribution in [0.3, 0.4) is 0 Å². The molecule has 1 N–H and O–H groups in total. The third-order valence-corrected chi connectivity index (χ3v) is 3.59. The van der Waals surface area contributed by atoms with Crippen LogP contribution in [-0.4, -0.2) is 15.5 Å². The van der Waals surface area contributed by atoms with Gasteiger partial charge in [0.25, 0.3) is 11.5 Å². The van der Waals surface area contributed by atoms with Crippen LogP contribution in [0.1, 0.15) is 17.3 Å². The standard InChI is InChI=1S/C17H13F2N3O2/c1-2-22-15-10(4-3-7-20-15)8-12(17(22)24)16(23)21-14-6-5-11(18)9-13(14)19/h3-9H,2H2,1H3,(H,21,23). The molecule has 0 spiro atoms. The first-order valence-corrected chi connectivity index (χ1v) is 7.26. The summed E-state index contributed by atoms with van der Waals surface area (Å²) in [7, 11) is 0. The maximum atomic E-state index is 13.7. The van der Waals surface area contributed by atoms with Crippen LogP contribution in [0, 0.1) is 11.6 Å². The Kier molecular flexibility index (Phi) is 4.07. The summed E-state index contributed by atoms with van der Waals surface area (Å²) in [5, 5.41) is 2.91. The van der Waals surface area contributed by atoms with Crippen molar-refractivity contribution >= 4 is 22.6 Å². The van der Waals surface area contributed by atoms with E-state index in [4.69, 9.17) is 0 Å². The van der Waals surface area contributed by atoms with Gasteiger partial charge in [0.1, 0.15) is 22.8 Å². The second-order valence-electron chi connectivity index (χ2n) is 5.10. The van der Waals surface area contributed by atoms with E-state index in [-0.39, 0.29) is 11.3 Å². The quantitative estimate of drug-likeness (QED) is 0.803. The predicted molar refractivity (Wildman–Crippen MR) is 86.0 cm³/mol. The van der Waals surface area contributed by atoms with Crippen LogP contribution in [0.25, 0.3) is 11.0 Å². The van der Waals surface area contributed by atoms with Gasteiger partial charge in [-0.1, -0.05) is 0 Å². The average Bonchev–Trinajstić information content (AvgIpc) is 2.57. The number of rotatable bonds is 3. The Labute approximate surface area is 135 Å². The summed E-state index contributed by atoms with van der Waals surface area (Å²) >= 11 is 0. The fourth-order valence-corrected chi connectivity index (χ4v) is 2.44. The second kappa shape index (κ2) is 6.19. The summed E-state index contributed by atoms with van der Waals surface area (Å²) in [5.74, 6) is -2.43. The van der Waals surface area contributed by atoms with E-state index < -0.39 is 23.1 Å². The minimum absolute atomic E-state index is 0.138. The molecule has 0 aliphatic rings. The Balaban J connectivity index is 2.07. The lowest BCUT2D eigenvalue weighted by Gasteiger charge is -2.11. The third-order valence-electron chi connectivity index (χ3n) is 3.59. The fourth-order valence-electron chi connectivity index (χ4n) is 2.44. The Morgan fingerprint density at radius 1 is 1.25 bits per heavy atom. The molecule has 5 nitrogen and oxygen atoms in total. The van der Waals surface area contributed by atoms with Crippen molar-refractivity contribution in [2.24, 2.45) is 0 Å². The maximum absolute atomic E-state index is 13.7. The summed E-state index contributed by atoms with van der Waals surface area (Å²) in [6, 6.07) is 7.60. The third kappa shape index (κ3) is 2.76. The number of anilines is 1. The number of nitrogens with one attached hydrogen (secondary N) is 1. The predicted octanol–water partition coefficient (Wildman–Crippen LogP) is 2.95. The Morgan fingerprint density at radius 2 is 2.04 bits per heavy atom. The smallest absolute Gasteiger partial charge is 0.265 e. The molecule has 2 heterocycles. The zero-order valence-corrected chi connectivity index (χ0v) is 12.7. The number of aryl methyl sites for hydroxylation is 1. The molecule has 0 saturated carbocycles. The van der Waals surface area contributed by atoms with E-state index in [1.54, 1.807) is 25.3 Å². The highest BCUT2D eigenvalue weighted by Gasteiger charge is 2.17. The van der Waals surface area contributed by atoms with Gasteiger partial charge in [0, 0.05) is 24.2 Å². The molecule has 122 valence electrons. The number of carbonyl (C=O) groups is 1. The number of carbonyl (C=O) groups excluding carboxylic acids is 1. The Morgan fingerprint density at radius 3 is 2.75 bits per heavy atom. The molecule has 7 heteroatoms. The monoisotopic (exact) mass is 329 g/mol. The first-order chi connectivity index (χ1) is 11.5. The van der Waals surface area contributed by atoms with Crippen LogP contribution in [0.15, 0.2) is 47.4 Å². The van der Waals surface area contributed by atoms with Gasteiger partial charge in [0.15, 0.2) is 0 Å². The number of fused-ring (bicyclic) bond motifs is 1. The van der Waals surface area contributed by atoms with Gasteiger partial charge in [-0.05, 0) is 37.3 Å². The molecule has 2 aromatic heterocycles. The van der Waals surface area contributed by atoms with Gasteiger partial charge in [0.05, 0.1) is 5.69 Å². The van der Waals surface area contributed by atoms with E-state index in [0.29, 0.717) is 23.6 Å². The SMILES string of the molecule is CCn1c(=O)c(C(=O)Nc2ccc(F)cc2F)cc2cccnc21. The first kappa shape index (κ1) is 15.8. The van der Waals surface area contributed by atoms with Crippen LogP contribution in [0.5, 0.6) is 0 Å². The number of halogens is 2. The van der Waals surface area contributed by atoms with E-state index in [0.717, 1.165) is 12.1 Å². The van der Waals surface area contributed by atoms with Crippen molar-refractivity contribution in [2.75, 3.05) is 5.32 Å². The van der Waals surface area contributed by atoms with E-state index in [1.165, 1.54) is 10.6 Å². The lowest BCUT2D eigenvalue weighted by Crippen LogP contribution is -2.29. The van der Waals surface area contributed by atoms with Crippen LogP contribution in [-0.2, 0) is 6.54 Å². The van der Waals surface area contributed by atoms with Gasteiger partial charge in [-0.2, -0.15) is 0 Å². The number of nitrogens with zero attached hydrogens (tertiary/aromatic N) is 2. The molecular formula is C17H13F2N3O2. The number of hydrogen-bond acceptors (Lipinski definition) is 3. The molecule has 1 amide bonds. The van der Waals surface area contributed by atoms with Gasteiger partial charge in [-0.15, -0.1) is 0 Å². The van der Waals surface area contributed by atoms with Crippen molar-refractivity contribution in [1.82, 2.24) is 9.55 Å². The molecule has 24 heavy (non-hydrogen) atoms. The molecular weight excluding hydrogens is 316 g/mol. The van der Waals surface area contributed by atoms with Gasteiger partial charge >= 0.3 is 0 Å². The number of amides is 1. The van der Waals surface area contributed by atoms with Crippen molar-refractivity contribution in [3.05, 3.63) is 70.1 Å². The molecule has 0 radical (unpaired) electrons. The molecule has 0 aliphatic heterocycles. The van der Waals surface area contributed by atoms with Gasteiger partial charge in [-0.25, -0.2) is 13.8 Å². The largest absolute Gasteiger partial charge is 0.319 e. The fraction of sp³-hybridized carbons (Fsp3) is 0.118. The molecule has 3 aromatic rings.